The lowest BCUT2D eigenvalue weighted by atomic mass is 9.98. The van der Waals surface area contributed by atoms with Crippen LogP contribution < -0.4 is 5.32 Å². The Hall–Kier alpha value is -3.95. The Kier molecular flexibility index (Phi) is 7.37. The first-order chi connectivity index (χ1) is 15.4. The van der Waals surface area contributed by atoms with E-state index in [1.54, 1.807) is 6.07 Å². The van der Waals surface area contributed by atoms with Crippen LogP contribution >= 0.6 is 12.6 Å². The molecule has 0 saturated carbocycles. The standard InChI is InChI=1S/C26H22N2O3S/c1-17(32)11-18-7-9-21(10-8-18)23-13-20(14-24(29)25(23)30)12-22(15-27)26(31)28-16-19-5-3-2-4-6-19/h2-10,12-14,29-30,32H,1,11,16H2,(H,28,31). The predicted molar refractivity (Wildman–Crippen MR) is 129 cm³/mol. The number of amides is 1. The highest BCUT2D eigenvalue weighted by Gasteiger charge is 2.14. The molecule has 3 aromatic rings. The highest BCUT2D eigenvalue weighted by atomic mass is 32.1. The van der Waals surface area contributed by atoms with Crippen molar-refractivity contribution in [2.45, 2.75) is 13.0 Å². The van der Waals surface area contributed by atoms with Gasteiger partial charge in [0.2, 0.25) is 0 Å². The van der Waals surface area contributed by atoms with Gasteiger partial charge in [-0.15, -0.1) is 12.6 Å². The molecule has 160 valence electrons. The number of hydrogen-bond acceptors (Lipinski definition) is 5. The van der Waals surface area contributed by atoms with Gasteiger partial charge < -0.3 is 15.5 Å². The van der Waals surface area contributed by atoms with E-state index in [9.17, 15) is 20.3 Å². The second-order valence-electron chi connectivity index (χ2n) is 7.21. The van der Waals surface area contributed by atoms with Gasteiger partial charge in [0.05, 0.1) is 0 Å². The monoisotopic (exact) mass is 442 g/mol. The molecule has 0 unspecified atom stereocenters. The number of nitrogens with zero attached hydrogens (tertiary/aromatic N) is 1. The van der Waals surface area contributed by atoms with Gasteiger partial charge in [0.15, 0.2) is 11.5 Å². The predicted octanol–water partition coefficient (Wildman–Crippen LogP) is 4.97. The zero-order valence-electron chi connectivity index (χ0n) is 17.2. The maximum atomic E-state index is 12.5. The number of aromatic hydroxyl groups is 2. The fourth-order valence-corrected chi connectivity index (χ4v) is 3.35. The normalized spacial score (nSPS) is 10.9. The average Bonchev–Trinajstić information content (AvgIpc) is 2.79. The maximum absolute atomic E-state index is 12.5. The Morgan fingerprint density at radius 1 is 1.06 bits per heavy atom. The van der Waals surface area contributed by atoms with Crippen LogP contribution in [0.15, 0.2) is 83.8 Å². The van der Waals surface area contributed by atoms with Crippen LogP contribution in [-0.4, -0.2) is 16.1 Å². The van der Waals surface area contributed by atoms with Crippen molar-refractivity contribution in [1.82, 2.24) is 5.32 Å². The lowest BCUT2D eigenvalue weighted by Crippen LogP contribution is -2.23. The summed E-state index contributed by atoms with van der Waals surface area (Å²) in [5.74, 6) is -1.15. The molecule has 5 nitrogen and oxygen atoms in total. The van der Waals surface area contributed by atoms with Gasteiger partial charge in [0, 0.05) is 18.5 Å². The number of phenolic OH excluding ortho intramolecular Hbond substituents is 2. The van der Waals surface area contributed by atoms with E-state index < -0.39 is 5.91 Å². The van der Waals surface area contributed by atoms with E-state index in [4.69, 9.17) is 0 Å². The smallest absolute Gasteiger partial charge is 0.262 e. The molecule has 1 amide bonds. The highest BCUT2D eigenvalue weighted by Crippen LogP contribution is 2.38. The van der Waals surface area contributed by atoms with Crippen molar-refractivity contribution in [3.63, 3.8) is 0 Å². The van der Waals surface area contributed by atoms with Gasteiger partial charge in [-0.2, -0.15) is 5.26 Å². The van der Waals surface area contributed by atoms with Crippen LogP contribution in [0, 0.1) is 11.3 Å². The van der Waals surface area contributed by atoms with E-state index in [0.29, 0.717) is 23.1 Å². The molecular weight excluding hydrogens is 420 g/mol. The minimum atomic E-state index is -0.526. The summed E-state index contributed by atoms with van der Waals surface area (Å²) in [5.41, 5.74) is 3.28. The lowest BCUT2D eigenvalue weighted by Gasteiger charge is -2.10. The van der Waals surface area contributed by atoms with E-state index in [1.807, 2.05) is 60.7 Å². The molecule has 0 aliphatic heterocycles. The molecule has 0 fully saturated rings. The van der Waals surface area contributed by atoms with E-state index in [1.165, 1.54) is 12.1 Å². The molecular formula is C26H22N2O3S. The number of benzene rings is 3. The van der Waals surface area contributed by atoms with E-state index >= 15 is 0 Å². The van der Waals surface area contributed by atoms with Gasteiger partial charge >= 0.3 is 0 Å². The van der Waals surface area contributed by atoms with Crippen molar-refractivity contribution in [3.05, 3.63) is 100 Å². The van der Waals surface area contributed by atoms with Crippen molar-refractivity contribution in [2.24, 2.45) is 0 Å². The summed E-state index contributed by atoms with van der Waals surface area (Å²) in [7, 11) is 0. The number of rotatable bonds is 7. The van der Waals surface area contributed by atoms with Gasteiger partial charge in [-0.3, -0.25) is 4.79 Å². The quantitative estimate of drug-likeness (QED) is 0.180. The number of nitrogens with one attached hydrogen (secondary N) is 1. The van der Waals surface area contributed by atoms with Crippen LogP contribution in [0.3, 0.4) is 0 Å². The molecule has 0 heterocycles. The molecule has 0 radical (unpaired) electrons. The first-order valence-corrected chi connectivity index (χ1v) is 10.3. The Morgan fingerprint density at radius 3 is 2.38 bits per heavy atom. The van der Waals surface area contributed by atoms with Crippen LogP contribution in [0.25, 0.3) is 17.2 Å². The molecule has 0 saturated heterocycles. The number of nitriles is 1. The Labute approximate surface area is 192 Å². The molecule has 0 aliphatic rings. The van der Waals surface area contributed by atoms with Gasteiger partial charge in [0.25, 0.3) is 5.91 Å². The first-order valence-electron chi connectivity index (χ1n) is 9.83. The summed E-state index contributed by atoms with van der Waals surface area (Å²) in [4.78, 5) is 13.2. The summed E-state index contributed by atoms with van der Waals surface area (Å²) in [5, 5.41) is 32.7. The average molecular weight is 443 g/mol. The molecule has 0 aliphatic carbocycles. The summed E-state index contributed by atoms with van der Waals surface area (Å²) < 4.78 is 0. The van der Waals surface area contributed by atoms with Gasteiger partial charge in [-0.1, -0.05) is 61.2 Å². The molecule has 6 heteroatoms. The fourth-order valence-electron chi connectivity index (χ4n) is 3.17. The molecule has 32 heavy (non-hydrogen) atoms. The molecule has 0 spiro atoms. The van der Waals surface area contributed by atoms with Gasteiger partial charge in [-0.05, 0) is 45.4 Å². The summed E-state index contributed by atoms with van der Waals surface area (Å²) in [6.07, 6.45) is 2.00. The maximum Gasteiger partial charge on any atom is 0.262 e. The molecule has 3 aromatic carbocycles. The third kappa shape index (κ3) is 5.81. The van der Waals surface area contributed by atoms with Crippen molar-refractivity contribution in [2.75, 3.05) is 0 Å². The van der Waals surface area contributed by atoms with Crippen LogP contribution in [0.5, 0.6) is 11.5 Å². The zero-order valence-corrected chi connectivity index (χ0v) is 18.1. The number of hydrogen-bond donors (Lipinski definition) is 4. The highest BCUT2D eigenvalue weighted by molar-refractivity contribution is 7.84. The van der Waals surface area contributed by atoms with Crippen molar-refractivity contribution in [1.29, 1.82) is 5.26 Å². The van der Waals surface area contributed by atoms with Crippen molar-refractivity contribution < 1.29 is 15.0 Å². The van der Waals surface area contributed by atoms with E-state index in [-0.39, 0.29) is 23.6 Å². The first kappa shape index (κ1) is 22.7. The number of allylic oxidation sites excluding steroid dienone is 1. The number of phenols is 2. The fraction of sp³-hybridized carbons (Fsp3) is 0.0769. The Morgan fingerprint density at radius 2 is 1.75 bits per heavy atom. The van der Waals surface area contributed by atoms with E-state index in [2.05, 4.69) is 24.5 Å². The van der Waals surface area contributed by atoms with Crippen molar-refractivity contribution >= 4 is 24.6 Å². The number of carbonyl (C=O) groups excluding carboxylic acids is 1. The third-order valence-corrected chi connectivity index (χ3v) is 4.92. The Balaban J connectivity index is 1.86. The third-order valence-electron chi connectivity index (χ3n) is 4.76. The second kappa shape index (κ2) is 10.4. The Bertz CT molecular complexity index is 1210. The summed E-state index contributed by atoms with van der Waals surface area (Å²) >= 11 is 4.21. The molecule has 3 rings (SSSR count). The topological polar surface area (TPSA) is 93.4 Å². The SMILES string of the molecule is C=C(S)Cc1ccc(-c2cc(C=C(C#N)C(=O)NCc3ccccc3)cc(O)c2O)cc1. The van der Waals surface area contributed by atoms with Crippen molar-refractivity contribution in [3.8, 4) is 28.7 Å². The minimum absolute atomic E-state index is 0.111. The van der Waals surface area contributed by atoms with Crippen LogP contribution in [0.1, 0.15) is 16.7 Å². The van der Waals surface area contributed by atoms with Crippen LogP contribution in [-0.2, 0) is 17.8 Å². The number of thiol groups is 1. The molecule has 3 N–H and O–H groups in total. The molecule has 0 aromatic heterocycles. The summed E-state index contributed by atoms with van der Waals surface area (Å²) in [6.45, 7) is 4.06. The molecule has 0 atom stereocenters. The van der Waals surface area contributed by atoms with Crippen LogP contribution in [0.4, 0.5) is 0 Å². The minimum Gasteiger partial charge on any atom is -0.504 e. The number of carbonyl (C=O) groups is 1. The lowest BCUT2D eigenvalue weighted by molar-refractivity contribution is -0.117. The van der Waals surface area contributed by atoms with E-state index in [0.717, 1.165) is 16.0 Å². The summed E-state index contributed by atoms with van der Waals surface area (Å²) in [6, 6.07) is 21.6. The van der Waals surface area contributed by atoms with Crippen LogP contribution in [0.2, 0.25) is 0 Å². The van der Waals surface area contributed by atoms with Gasteiger partial charge in [0.1, 0.15) is 11.6 Å². The second-order valence-corrected chi connectivity index (χ2v) is 7.85. The zero-order chi connectivity index (χ0) is 23.1. The largest absolute Gasteiger partial charge is 0.504 e. The van der Waals surface area contributed by atoms with Gasteiger partial charge in [-0.25, -0.2) is 0 Å². The molecule has 0 bridgehead atoms.